The fraction of sp³-hybridized carbons (Fsp3) is 0.333. The van der Waals surface area contributed by atoms with E-state index in [-0.39, 0.29) is 17.9 Å². The zero-order valence-electron chi connectivity index (χ0n) is 22.0. The van der Waals surface area contributed by atoms with Crippen LogP contribution < -0.4 is 25.3 Å². The van der Waals surface area contributed by atoms with Gasteiger partial charge in [-0.25, -0.2) is 9.99 Å². The second-order valence-corrected chi connectivity index (χ2v) is 9.22. The quantitative estimate of drug-likeness (QED) is 0.475. The van der Waals surface area contributed by atoms with Gasteiger partial charge in [-0.1, -0.05) is 30.9 Å². The molecule has 2 unspecified atom stereocenters. The second-order valence-electron chi connectivity index (χ2n) is 9.22. The molecule has 1 aliphatic carbocycles. The molecule has 2 atom stereocenters. The van der Waals surface area contributed by atoms with Crippen molar-refractivity contribution in [1.29, 1.82) is 0 Å². The summed E-state index contributed by atoms with van der Waals surface area (Å²) in [6, 6.07) is 5.63. The molecule has 1 aromatic heterocycles. The predicted molar refractivity (Wildman–Crippen MR) is 150 cm³/mol. The molecule has 4 rings (SSSR count). The zero-order chi connectivity index (χ0) is 26.5. The van der Waals surface area contributed by atoms with Gasteiger partial charge in [0.1, 0.15) is 5.75 Å². The highest BCUT2D eigenvalue weighted by Gasteiger charge is 2.34. The molecule has 0 bridgehead atoms. The van der Waals surface area contributed by atoms with Crippen LogP contribution in [0, 0.1) is 5.92 Å². The van der Waals surface area contributed by atoms with Crippen LogP contribution >= 0.6 is 0 Å². The molecule has 10 heteroatoms. The molecule has 10 nitrogen and oxygen atoms in total. The van der Waals surface area contributed by atoms with Gasteiger partial charge in [0.15, 0.2) is 5.82 Å². The Balaban J connectivity index is 1.64. The number of ether oxygens (including phenoxy) is 1. The van der Waals surface area contributed by atoms with E-state index in [4.69, 9.17) is 14.8 Å². The van der Waals surface area contributed by atoms with Crippen molar-refractivity contribution in [1.82, 2.24) is 14.9 Å². The van der Waals surface area contributed by atoms with Crippen LogP contribution in [0.25, 0.3) is 0 Å². The van der Waals surface area contributed by atoms with Crippen molar-refractivity contribution in [2.45, 2.75) is 13.0 Å². The van der Waals surface area contributed by atoms with Crippen LogP contribution in [0.1, 0.15) is 6.92 Å². The van der Waals surface area contributed by atoms with Crippen LogP contribution in [0.2, 0.25) is 0 Å². The van der Waals surface area contributed by atoms with E-state index < -0.39 is 0 Å². The average molecular weight is 503 g/mol. The van der Waals surface area contributed by atoms with Gasteiger partial charge in [0, 0.05) is 50.1 Å². The summed E-state index contributed by atoms with van der Waals surface area (Å²) in [5.41, 5.74) is 3.09. The molecule has 1 aliphatic heterocycles. The van der Waals surface area contributed by atoms with Crippen LogP contribution in [0.4, 0.5) is 28.8 Å². The average Bonchev–Trinajstić information content (AvgIpc) is 3.24. The third kappa shape index (κ3) is 5.80. The van der Waals surface area contributed by atoms with E-state index in [9.17, 15) is 4.79 Å². The van der Waals surface area contributed by atoms with Crippen LogP contribution in [0.3, 0.4) is 0 Å². The number of carbonyl (C=O) groups excluding carboxylic acids is 1. The Bertz CT molecular complexity index is 1250. The number of likely N-dealkylation sites (N-methyl/N-ethyl adjacent to an activating group) is 2. The Morgan fingerprint density at radius 3 is 2.70 bits per heavy atom. The van der Waals surface area contributed by atoms with Gasteiger partial charge in [-0.2, -0.15) is 10.1 Å². The first-order chi connectivity index (χ1) is 17.8. The van der Waals surface area contributed by atoms with Gasteiger partial charge >= 0.3 is 0 Å². The van der Waals surface area contributed by atoms with Crippen molar-refractivity contribution < 1.29 is 9.53 Å². The molecule has 0 saturated carbocycles. The molecule has 2 N–H and O–H groups in total. The summed E-state index contributed by atoms with van der Waals surface area (Å²) < 4.78 is 5.70. The van der Waals surface area contributed by atoms with Gasteiger partial charge in [0.25, 0.3) is 0 Å². The number of amides is 1. The molecule has 0 saturated heterocycles. The lowest BCUT2D eigenvalue weighted by Gasteiger charge is -2.26. The molecule has 194 valence electrons. The first-order valence-corrected chi connectivity index (χ1v) is 12.1. The number of aromatic nitrogens is 2. The molecule has 2 heterocycles. The Morgan fingerprint density at radius 2 is 1.97 bits per heavy atom. The van der Waals surface area contributed by atoms with Gasteiger partial charge in [-0.3, -0.25) is 4.79 Å². The molecular formula is C27H34N8O2. The first-order valence-electron chi connectivity index (χ1n) is 12.1. The van der Waals surface area contributed by atoms with E-state index in [0.29, 0.717) is 28.9 Å². The summed E-state index contributed by atoms with van der Waals surface area (Å²) in [6.07, 6.45) is 11.3. The van der Waals surface area contributed by atoms with Crippen molar-refractivity contribution in [3.63, 3.8) is 0 Å². The van der Waals surface area contributed by atoms with Crippen molar-refractivity contribution >= 4 is 40.4 Å². The minimum absolute atomic E-state index is 0.0833. The number of hydrogen-bond acceptors (Lipinski definition) is 9. The Hall–Kier alpha value is -4.18. The number of rotatable bonds is 10. The van der Waals surface area contributed by atoms with E-state index in [1.165, 1.54) is 6.08 Å². The lowest BCUT2D eigenvalue weighted by molar-refractivity contribution is -0.111. The normalized spacial score (nSPS) is 17.9. The number of anilines is 5. The molecule has 1 aromatic carbocycles. The Labute approximate surface area is 218 Å². The monoisotopic (exact) mass is 502 g/mol. The number of nitrogens with one attached hydrogen (secondary N) is 2. The summed E-state index contributed by atoms with van der Waals surface area (Å²) in [5, 5.41) is 12.8. The smallest absolute Gasteiger partial charge is 0.247 e. The zero-order valence-corrected chi connectivity index (χ0v) is 22.0. The fourth-order valence-electron chi connectivity index (χ4n) is 4.29. The lowest BCUT2D eigenvalue weighted by Crippen LogP contribution is -2.32. The van der Waals surface area contributed by atoms with E-state index in [1.54, 1.807) is 13.3 Å². The number of hydrogen-bond donors (Lipinski definition) is 2. The second kappa shape index (κ2) is 11.3. The molecular weight excluding hydrogens is 468 g/mol. The van der Waals surface area contributed by atoms with Crippen molar-refractivity contribution in [2.75, 3.05) is 61.9 Å². The SMILES string of the molecule is C=CC(=O)Nc1cc(Nc2nccc(N3N=C(C)C4C=CC=CC43)n2)c(OC)cc1N(C)CCN(C)C. The van der Waals surface area contributed by atoms with E-state index in [1.807, 2.05) is 63.4 Å². The molecule has 0 radical (unpaired) electrons. The topological polar surface area (TPSA) is 98.2 Å². The number of carbonyl (C=O) groups is 1. The maximum atomic E-state index is 12.2. The molecule has 37 heavy (non-hydrogen) atoms. The highest BCUT2D eigenvalue weighted by molar-refractivity contribution is 6.02. The minimum Gasteiger partial charge on any atom is -0.494 e. The molecule has 1 amide bonds. The first kappa shape index (κ1) is 25.9. The fourth-order valence-corrected chi connectivity index (χ4v) is 4.29. The van der Waals surface area contributed by atoms with Gasteiger partial charge in [0.2, 0.25) is 11.9 Å². The highest BCUT2D eigenvalue weighted by atomic mass is 16.5. The van der Waals surface area contributed by atoms with Crippen molar-refractivity contribution in [3.8, 4) is 5.75 Å². The molecule has 0 fully saturated rings. The van der Waals surface area contributed by atoms with Gasteiger partial charge in [0.05, 0.1) is 30.2 Å². The van der Waals surface area contributed by atoms with Gasteiger partial charge in [-0.05, 0) is 33.2 Å². The summed E-state index contributed by atoms with van der Waals surface area (Å²) in [5.74, 6) is 1.58. The van der Waals surface area contributed by atoms with Crippen LogP contribution in [0.15, 0.2) is 66.5 Å². The van der Waals surface area contributed by atoms with E-state index in [2.05, 4.69) is 44.1 Å². The van der Waals surface area contributed by atoms with Gasteiger partial charge < -0.3 is 25.2 Å². The maximum absolute atomic E-state index is 12.2. The highest BCUT2D eigenvalue weighted by Crippen LogP contribution is 2.38. The van der Waals surface area contributed by atoms with Crippen molar-refractivity contribution in [3.05, 3.63) is 61.4 Å². The van der Waals surface area contributed by atoms with Crippen LogP contribution in [-0.4, -0.2) is 73.9 Å². The summed E-state index contributed by atoms with van der Waals surface area (Å²) in [6.45, 7) is 7.21. The Morgan fingerprint density at radius 1 is 1.19 bits per heavy atom. The van der Waals surface area contributed by atoms with E-state index >= 15 is 0 Å². The van der Waals surface area contributed by atoms with Gasteiger partial charge in [-0.15, -0.1) is 0 Å². The summed E-state index contributed by atoms with van der Waals surface area (Å²) in [4.78, 5) is 25.5. The number of hydrazone groups is 1. The maximum Gasteiger partial charge on any atom is 0.247 e. The standard InChI is InChI=1S/C27H34N8O2/c1-7-26(36)29-20-16-21(24(37-6)17-23(20)34(5)15-14-33(3)4)30-27-28-13-12-25(31-27)35-22-11-9-8-10-19(22)18(2)32-35/h7-13,16-17,19,22H,1,14-15H2,2-6H3,(H,29,36)(H,28,30,31). The summed E-state index contributed by atoms with van der Waals surface area (Å²) >= 11 is 0. The number of nitrogens with zero attached hydrogens (tertiary/aromatic N) is 6. The minimum atomic E-state index is -0.303. The lowest BCUT2D eigenvalue weighted by atomic mass is 9.92. The third-order valence-corrected chi connectivity index (χ3v) is 6.31. The number of methoxy groups -OCH3 is 1. The summed E-state index contributed by atoms with van der Waals surface area (Å²) in [7, 11) is 7.62. The number of benzene rings is 1. The third-order valence-electron chi connectivity index (χ3n) is 6.31. The van der Waals surface area contributed by atoms with Crippen LogP contribution in [-0.2, 0) is 4.79 Å². The Kier molecular flexibility index (Phi) is 7.88. The molecule has 2 aliphatic rings. The number of allylic oxidation sites excluding steroid dienone is 2. The largest absolute Gasteiger partial charge is 0.494 e. The van der Waals surface area contributed by atoms with Crippen LogP contribution in [0.5, 0.6) is 5.75 Å². The van der Waals surface area contributed by atoms with Crippen molar-refractivity contribution in [2.24, 2.45) is 11.0 Å². The number of fused-ring (bicyclic) bond motifs is 1. The van der Waals surface area contributed by atoms with E-state index in [0.717, 1.165) is 24.5 Å². The molecule has 0 spiro atoms. The molecule has 2 aromatic rings. The predicted octanol–water partition coefficient (Wildman–Crippen LogP) is 3.66.